The minimum atomic E-state index is -3.91. The Kier molecular flexibility index (Phi) is 9.95. The van der Waals surface area contributed by atoms with Gasteiger partial charge in [0.05, 0.1) is 9.79 Å². The van der Waals surface area contributed by atoms with E-state index in [0.29, 0.717) is 20.4 Å². The molecule has 0 saturated heterocycles. The molecule has 12 heteroatoms. The first kappa shape index (κ1) is 28.6. The molecular formula is C24H24Br2O8S2. The first-order valence-electron chi connectivity index (χ1n) is 10.6. The zero-order chi connectivity index (χ0) is 26.3. The van der Waals surface area contributed by atoms with Crippen LogP contribution in [0, 0.1) is 13.8 Å². The molecule has 0 bridgehead atoms. The van der Waals surface area contributed by atoms with E-state index in [4.69, 9.17) is 17.8 Å². The average molecular weight is 664 g/mol. The van der Waals surface area contributed by atoms with Crippen LogP contribution < -0.4 is 9.47 Å². The molecule has 194 valence electrons. The van der Waals surface area contributed by atoms with Crippen molar-refractivity contribution in [2.45, 2.75) is 23.6 Å². The van der Waals surface area contributed by atoms with Gasteiger partial charge >= 0.3 is 0 Å². The molecule has 0 radical (unpaired) electrons. The van der Waals surface area contributed by atoms with Crippen molar-refractivity contribution in [1.29, 1.82) is 0 Å². The van der Waals surface area contributed by atoms with E-state index in [2.05, 4.69) is 31.9 Å². The summed E-state index contributed by atoms with van der Waals surface area (Å²) in [6.07, 6.45) is 0. The van der Waals surface area contributed by atoms with Crippen LogP contribution in [0.4, 0.5) is 0 Å². The number of hydrogen-bond acceptors (Lipinski definition) is 8. The largest absolute Gasteiger partial charge is 0.487 e. The summed E-state index contributed by atoms with van der Waals surface area (Å²) in [5, 5.41) is 0. The Labute approximate surface area is 228 Å². The third kappa shape index (κ3) is 8.02. The summed E-state index contributed by atoms with van der Waals surface area (Å²) in [5.41, 5.74) is 1.87. The van der Waals surface area contributed by atoms with Gasteiger partial charge in [0.25, 0.3) is 20.2 Å². The number of halogens is 2. The van der Waals surface area contributed by atoms with Gasteiger partial charge in [-0.1, -0.05) is 35.4 Å². The van der Waals surface area contributed by atoms with Gasteiger partial charge in [0.2, 0.25) is 0 Å². The monoisotopic (exact) mass is 662 g/mol. The van der Waals surface area contributed by atoms with Crippen molar-refractivity contribution in [3.63, 3.8) is 0 Å². The zero-order valence-corrected chi connectivity index (χ0v) is 24.2. The number of hydrogen-bond donors (Lipinski definition) is 0. The maximum Gasteiger partial charge on any atom is 0.297 e. The molecule has 3 rings (SSSR count). The minimum absolute atomic E-state index is 0.0594. The van der Waals surface area contributed by atoms with Gasteiger partial charge in [-0.3, -0.25) is 8.37 Å². The van der Waals surface area contributed by atoms with Gasteiger partial charge in [-0.15, -0.1) is 0 Å². The molecule has 0 aliphatic carbocycles. The Morgan fingerprint density at radius 1 is 0.583 bits per heavy atom. The summed E-state index contributed by atoms with van der Waals surface area (Å²) >= 11 is 6.77. The third-order valence-corrected chi connectivity index (χ3v) is 9.26. The van der Waals surface area contributed by atoms with Gasteiger partial charge in [0.1, 0.15) is 26.4 Å². The summed E-state index contributed by atoms with van der Waals surface area (Å²) in [7, 11) is -7.83. The Bertz CT molecular complexity index is 1280. The van der Waals surface area contributed by atoms with Crippen molar-refractivity contribution in [3.05, 3.63) is 80.7 Å². The maximum absolute atomic E-state index is 12.3. The predicted octanol–water partition coefficient (Wildman–Crippen LogP) is 5.40. The van der Waals surface area contributed by atoms with Gasteiger partial charge in [-0.25, -0.2) is 0 Å². The second-order valence-corrected chi connectivity index (χ2v) is 12.5. The summed E-state index contributed by atoms with van der Waals surface area (Å²) in [5.74, 6) is 0.616. The molecule has 0 spiro atoms. The van der Waals surface area contributed by atoms with Crippen LogP contribution in [0.2, 0.25) is 0 Å². The van der Waals surface area contributed by atoms with Crippen LogP contribution in [-0.2, 0) is 28.6 Å². The van der Waals surface area contributed by atoms with E-state index in [1.807, 2.05) is 13.8 Å². The molecule has 3 aromatic rings. The SMILES string of the molecule is Cc1ccc(S(=O)(=O)OCCOc2cc(Br)c(Br)cc2OCCOS(=O)(=O)c2ccc(C)cc2)cc1. The first-order valence-corrected chi connectivity index (χ1v) is 15.0. The second-order valence-electron chi connectivity index (χ2n) is 7.59. The minimum Gasteiger partial charge on any atom is -0.487 e. The molecule has 0 N–H and O–H groups in total. The number of ether oxygens (including phenoxy) is 2. The van der Waals surface area contributed by atoms with Crippen molar-refractivity contribution < 1.29 is 34.7 Å². The van der Waals surface area contributed by atoms with E-state index < -0.39 is 20.2 Å². The summed E-state index contributed by atoms with van der Waals surface area (Å²) in [4.78, 5) is 0.119. The molecule has 0 aromatic heterocycles. The smallest absolute Gasteiger partial charge is 0.297 e. The van der Waals surface area contributed by atoms with Crippen LogP contribution in [0.25, 0.3) is 0 Å². The number of aryl methyl sites for hydroxylation is 2. The van der Waals surface area contributed by atoms with Crippen molar-refractivity contribution in [1.82, 2.24) is 0 Å². The van der Waals surface area contributed by atoms with Gasteiger partial charge in [-0.2, -0.15) is 16.8 Å². The topological polar surface area (TPSA) is 105 Å². The van der Waals surface area contributed by atoms with Crippen LogP contribution >= 0.6 is 31.9 Å². The van der Waals surface area contributed by atoms with Crippen LogP contribution in [-0.4, -0.2) is 43.3 Å². The molecule has 0 unspecified atom stereocenters. The Morgan fingerprint density at radius 2 is 0.917 bits per heavy atom. The maximum atomic E-state index is 12.3. The molecule has 0 heterocycles. The lowest BCUT2D eigenvalue weighted by Gasteiger charge is -2.14. The van der Waals surface area contributed by atoms with Gasteiger partial charge in [0.15, 0.2) is 11.5 Å². The van der Waals surface area contributed by atoms with E-state index in [0.717, 1.165) is 11.1 Å². The fourth-order valence-corrected chi connectivity index (χ4v) is 5.30. The molecular weight excluding hydrogens is 640 g/mol. The van der Waals surface area contributed by atoms with Crippen molar-refractivity contribution in [2.24, 2.45) is 0 Å². The molecule has 0 fully saturated rings. The highest BCUT2D eigenvalue weighted by molar-refractivity contribution is 9.13. The fourth-order valence-electron chi connectivity index (χ4n) is 2.87. The van der Waals surface area contributed by atoms with Crippen molar-refractivity contribution >= 4 is 52.1 Å². The molecule has 8 nitrogen and oxygen atoms in total. The van der Waals surface area contributed by atoms with E-state index in [9.17, 15) is 16.8 Å². The van der Waals surface area contributed by atoms with Gasteiger partial charge in [-0.05, 0) is 82.1 Å². The van der Waals surface area contributed by atoms with E-state index in [1.54, 1.807) is 36.4 Å². The van der Waals surface area contributed by atoms with E-state index in [-0.39, 0.29) is 36.2 Å². The first-order chi connectivity index (χ1) is 17.0. The highest BCUT2D eigenvalue weighted by Gasteiger charge is 2.17. The van der Waals surface area contributed by atoms with E-state index >= 15 is 0 Å². The highest BCUT2D eigenvalue weighted by Crippen LogP contribution is 2.36. The Balaban J connectivity index is 1.55. The van der Waals surface area contributed by atoms with Crippen LogP contribution in [0.5, 0.6) is 11.5 Å². The lowest BCUT2D eigenvalue weighted by atomic mass is 10.2. The van der Waals surface area contributed by atoms with E-state index in [1.165, 1.54) is 24.3 Å². The predicted molar refractivity (Wildman–Crippen MR) is 141 cm³/mol. The third-order valence-electron chi connectivity index (χ3n) is 4.76. The lowest BCUT2D eigenvalue weighted by molar-refractivity contribution is 0.195. The molecule has 36 heavy (non-hydrogen) atoms. The van der Waals surface area contributed by atoms with Crippen molar-refractivity contribution in [3.8, 4) is 11.5 Å². The molecule has 0 aliphatic heterocycles. The van der Waals surface area contributed by atoms with Gasteiger partial charge < -0.3 is 9.47 Å². The molecule has 0 aliphatic rings. The summed E-state index contributed by atoms with van der Waals surface area (Å²) < 4.78 is 72.1. The molecule has 0 amide bonds. The Morgan fingerprint density at radius 3 is 1.25 bits per heavy atom. The zero-order valence-electron chi connectivity index (χ0n) is 19.4. The average Bonchev–Trinajstić information content (AvgIpc) is 2.82. The quantitative estimate of drug-likeness (QED) is 0.188. The molecule has 0 atom stereocenters. The van der Waals surface area contributed by atoms with Crippen LogP contribution in [0.1, 0.15) is 11.1 Å². The van der Waals surface area contributed by atoms with Crippen LogP contribution in [0.15, 0.2) is 79.4 Å². The second kappa shape index (κ2) is 12.5. The molecule has 0 saturated carbocycles. The molecule has 3 aromatic carbocycles. The summed E-state index contributed by atoms with van der Waals surface area (Å²) in [6, 6.07) is 15.9. The lowest BCUT2D eigenvalue weighted by Crippen LogP contribution is -2.15. The van der Waals surface area contributed by atoms with Crippen LogP contribution in [0.3, 0.4) is 0 Å². The fraction of sp³-hybridized carbons (Fsp3) is 0.250. The Hall–Kier alpha value is -1.96. The summed E-state index contributed by atoms with van der Waals surface area (Å²) in [6.45, 7) is 3.12. The normalized spacial score (nSPS) is 11.9. The standard InChI is InChI=1S/C24H24Br2O8S2/c1-17-3-7-19(8-4-17)35(27,28)33-13-11-31-23-15-21(25)22(26)16-24(23)32-12-14-34-36(29,30)20-9-5-18(2)6-10-20/h3-10,15-16H,11-14H2,1-2H3. The number of rotatable bonds is 12. The number of benzene rings is 3. The van der Waals surface area contributed by atoms with Gasteiger partial charge in [0, 0.05) is 8.95 Å². The van der Waals surface area contributed by atoms with Crippen molar-refractivity contribution in [2.75, 3.05) is 26.4 Å². The highest BCUT2D eigenvalue weighted by atomic mass is 79.9.